The largest absolute Gasteiger partial charge is 0.310 e. The zero-order valence-electron chi connectivity index (χ0n) is 17.5. The Morgan fingerprint density at radius 2 is 1.75 bits per heavy atom. The Labute approximate surface area is 170 Å². The zero-order valence-corrected chi connectivity index (χ0v) is 17.5. The summed E-state index contributed by atoms with van der Waals surface area (Å²) < 4.78 is 0. The van der Waals surface area contributed by atoms with Crippen LogP contribution in [0.5, 0.6) is 0 Å². The fraction of sp³-hybridized carbons (Fsp3) is 0.654. The Morgan fingerprint density at radius 1 is 1.00 bits per heavy atom. The number of benzene rings is 1. The average Bonchev–Trinajstić information content (AvgIpc) is 3.02. The van der Waals surface area contributed by atoms with Gasteiger partial charge in [-0.3, -0.25) is 4.79 Å². The number of carbonyl (C=O) groups excluding carboxylic acids is 1. The maximum Gasteiger partial charge on any atom is 0.139 e. The molecule has 0 aromatic heterocycles. The van der Waals surface area contributed by atoms with Crippen molar-refractivity contribution in [3.8, 4) is 0 Å². The zero-order chi connectivity index (χ0) is 19.4. The lowest BCUT2D eigenvalue weighted by molar-refractivity contribution is -0.131. The summed E-state index contributed by atoms with van der Waals surface area (Å²) >= 11 is 0. The second kappa shape index (κ2) is 6.83. The van der Waals surface area contributed by atoms with Gasteiger partial charge in [0.1, 0.15) is 5.78 Å². The Morgan fingerprint density at radius 3 is 2.57 bits per heavy atom. The Balaban J connectivity index is 1.31. The van der Waals surface area contributed by atoms with Crippen molar-refractivity contribution in [1.29, 1.82) is 0 Å². The molecule has 0 spiro atoms. The predicted octanol–water partition coefficient (Wildman–Crippen LogP) is 5.68. The van der Waals surface area contributed by atoms with Gasteiger partial charge >= 0.3 is 0 Å². The summed E-state index contributed by atoms with van der Waals surface area (Å²) in [7, 11) is 0. The van der Waals surface area contributed by atoms with Gasteiger partial charge in [0, 0.05) is 24.4 Å². The van der Waals surface area contributed by atoms with E-state index >= 15 is 0 Å². The summed E-state index contributed by atoms with van der Waals surface area (Å²) in [5.41, 5.74) is 3.47. The third-order valence-electron chi connectivity index (χ3n) is 9.25. The molecule has 150 valence electrons. The van der Waals surface area contributed by atoms with E-state index in [1.165, 1.54) is 37.7 Å². The SMILES string of the molecule is CC12CCC3C(CC=C4CC(NCc5ccccc5)CCC43C)C1CCC2=O. The van der Waals surface area contributed by atoms with E-state index in [-0.39, 0.29) is 5.41 Å². The van der Waals surface area contributed by atoms with Crippen molar-refractivity contribution >= 4 is 5.78 Å². The first-order chi connectivity index (χ1) is 13.5. The second-order valence-corrected chi connectivity index (χ2v) is 10.5. The molecule has 0 amide bonds. The van der Waals surface area contributed by atoms with E-state index in [0.717, 1.165) is 37.6 Å². The van der Waals surface area contributed by atoms with Crippen LogP contribution >= 0.6 is 0 Å². The molecule has 1 aromatic carbocycles. The predicted molar refractivity (Wildman–Crippen MR) is 114 cm³/mol. The lowest BCUT2D eigenvalue weighted by Crippen LogP contribution is -2.51. The molecule has 0 saturated heterocycles. The monoisotopic (exact) mass is 377 g/mol. The first-order valence-corrected chi connectivity index (χ1v) is 11.5. The van der Waals surface area contributed by atoms with E-state index in [0.29, 0.717) is 23.2 Å². The molecule has 0 bridgehead atoms. The molecule has 1 N–H and O–H groups in total. The van der Waals surface area contributed by atoms with Crippen LogP contribution in [0.1, 0.15) is 70.8 Å². The minimum Gasteiger partial charge on any atom is -0.310 e. The number of fused-ring (bicyclic) bond motifs is 5. The molecule has 6 unspecified atom stereocenters. The van der Waals surface area contributed by atoms with Gasteiger partial charge in [-0.1, -0.05) is 55.8 Å². The molecule has 0 heterocycles. The van der Waals surface area contributed by atoms with Gasteiger partial charge < -0.3 is 5.32 Å². The third kappa shape index (κ3) is 2.83. The number of hydrogen-bond donors (Lipinski definition) is 1. The summed E-state index contributed by atoms with van der Waals surface area (Å²) in [6, 6.07) is 11.4. The highest BCUT2D eigenvalue weighted by Gasteiger charge is 2.58. The molecule has 6 atom stereocenters. The van der Waals surface area contributed by atoms with Crippen molar-refractivity contribution in [3.05, 3.63) is 47.5 Å². The van der Waals surface area contributed by atoms with Crippen LogP contribution in [0.4, 0.5) is 0 Å². The van der Waals surface area contributed by atoms with Crippen LogP contribution in [-0.2, 0) is 11.3 Å². The summed E-state index contributed by atoms with van der Waals surface area (Å²) in [6.45, 7) is 5.82. The van der Waals surface area contributed by atoms with Gasteiger partial charge in [0.05, 0.1) is 0 Å². The van der Waals surface area contributed by atoms with Crippen LogP contribution in [-0.4, -0.2) is 11.8 Å². The van der Waals surface area contributed by atoms with Gasteiger partial charge in [-0.2, -0.15) is 0 Å². The molecule has 3 saturated carbocycles. The first-order valence-electron chi connectivity index (χ1n) is 11.5. The van der Waals surface area contributed by atoms with Crippen molar-refractivity contribution in [1.82, 2.24) is 5.32 Å². The van der Waals surface area contributed by atoms with Crippen LogP contribution in [0.3, 0.4) is 0 Å². The Kier molecular flexibility index (Phi) is 4.54. The van der Waals surface area contributed by atoms with Gasteiger partial charge in [-0.15, -0.1) is 0 Å². The van der Waals surface area contributed by atoms with E-state index < -0.39 is 0 Å². The van der Waals surface area contributed by atoms with Crippen LogP contribution < -0.4 is 5.32 Å². The summed E-state index contributed by atoms with van der Waals surface area (Å²) in [6.07, 6.45) is 12.0. The highest BCUT2D eigenvalue weighted by Crippen LogP contribution is 2.63. The maximum atomic E-state index is 12.6. The Bertz CT molecular complexity index is 783. The number of allylic oxidation sites excluding steroid dienone is 1. The normalized spacial score (nSPS) is 42.4. The topological polar surface area (TPSA) is 29.1 Å². The average molecular weight is 378 g/mol. The lowest BCUT2D eigenvalue weighted by Gasteiger charge is -2.57. The van der Waals surface area contributed by atoms with E-state index in [9.17, 15) is 4.79 Å². The Hall–Kier alpha value is -1.41. The number of ketones is 1. The molecule has 1 aromatic rings. The van der Waals surface area contributed by atoms with Crippen molar-refractivity contribution in [2.24, 2.45) is 28.6 Å². The molecule has 0 aliphatic heterocycles. The molecule has 2 nitrogen and oxygen atoms in total. The molecule has 5 rings (SSSR count). The van der Waals surface area contributed by atoms with Crippen LogP contribution in [0.15, 0.2) is 42.0 Å². The van der Waals surface area contributed by atoms with E-state index in [4.69, 9.17) is 0 Å². The quantitative estimate of drug-likeness (QED) is 0.687. The second-order valence-electron chi connectivity index (χ2n) is 10.5. The molecular formula is C26H35NO. The van der Waals surface area contributed by atoms with Crippen molar-refractivity contribution in [2.75, 3.05) is 0 Å². The van der Waals surface area contributed by atoms with Crippen LogP contribution in [0.2, 0.25) is 0 Å². The third-order valence-corrected chi connectivity index (χ3v) is 9.25. The van der Waals surface area contributed by atoms with E-state index in [1.54, 1.807) is 5.57 Å². The molecule has 28 heavy (non-hydrogen) atoms. The van der Waals surface area contributed by atoms with E-state index in [1.807, 2.05) is 0 Å². The molecular weight excluding hydrogens is 342 g/mol. The van der Waals surface area contributed by atoms with Gasteiger partial charge in [0.15, 0.2) is 0 Å². The first kappa shape index (κ1) is 18.6. The summed E-state index contributed by atoms with van der Waals surface area (Å²) in [5.74, 6) is 2.74. The fourth-order valence-electron chi connectivity index (χ4n) is 7.46. The highest BCUT2D eigenvalue weighted by molar-refractivity contribution is 5.87. The number of nitrogens with one attached hydrogen (secondary N) is 1. The number of hydrogen-bond acceptors (Lipinski definition) is 2. The molecule has 4 aliphatic rings. The van der Waals surface area contributed by atoms with E-state index in [2.05, 4.69) is 55.6 Å². The minimum absolute atomic E-state index is 0.00267. The lowest BCUT2D eigenvalue weighted by atomic mass is 9.48. The smallest absolute Gasteiger partial charge is 0.139 e. The van der Waals surface area contributed by atoms with Crippen LogP contribution in [0, 0.1) is 28.6 Å². The summed E-state index contributed by atoms with van der Waals surface area (Å²) in [5, 5.41) is 3.82. The number of carbonyl (C=O) groups is 1. The minimum atomic E-state index is -0.00267. The molecule has 3 fully saturated rings. The van der Waals surface area contributed by atoms with Gasteiger partial charge in [0.25, 0.3) is 0 Å². The maximum absolute atomic E-state index is 12.6. The standard InChI is InChI=1S/C26H35NO/c1-25-14-12-20(27-17-18-6-4-3-5-7-18)16-19(25)8-9-21-22-10-11-24(28)26(22,2)15-13-23(21)25/h3-8,20-23,27H,9-17H2,1-2H3. The van der Waals surface area contributed by atoms with Crippen molar-refractivity contribution in [2.45, 2.75) is 77.8 Å². The van der Waals surface area contributed by atoms with Gasteiger partial charge in [-0.25, -0.2) is 0 Å². The fourth-order valence-corrected chi connectivity index (χ4v) is 7.46. The molecule has 0 radical (unpaired) electrons. The van der Waals surface area contributed by atoms with Crippen LogP contribution in [0.25, 0.3) is 0 Å². The van der Waals surface area contributed by atoms with Gasteiger partial charge in [0.2, 0.25) is 0 Å². The molecule has 4 aliphatic carbocycles. The molecule has 2 heteroatoms. The highest BCUT2D eigenvalue weighted by atomic mass is 16.1. The number of Topliss-reactive ketones (excluding diaryl/α,β-unsaturated/α-hetero) is 1. The summed E-state index contributed by atoms with van der Waals surface area (Å²) in [4.78, 5) is 12.6. The number of rotatable bonds is 3. The van der Waals surface area contributed by atoms with Crippen molar-refractivity contribution < 1.29 is 4.79 Å². The van der Waals surface area contributed by atoms with Crippen molar-refractivity contribution in [3.63, 3.8) is 0 Å². The van der Waals surface area contributed by atoms with Gasteiger partial charge in [-0.05, 0) is 73.7 Å².